The number of hydrogen-bond donors (Lipinski definition) is 0. The highest BCUT2D eigenvalue weighted by Gasteiger charge is 2.29. The maximum atomic E-state index is 13.3. The molecule has 0 aliphatic heterocycles. The monoisotopic (exact) mass is 440 g/mol. The highest BCUT2D eigenvalue weighted by atomic mass is 32.2. The fraction of sp³-hybridized carbons (Fsp3) is 0.318. The fourth-order valence-corrected chi connectivity index (χ4v) is 4.23. The molecule has 9 heteroatoms. The molecule has 3 aromatic rings. The molecule has 0 radical (unpaired) electrons. The Morgan fingerprint density at radius 1 is 1.32 bits per heavy atom. The molecule has 2 aromatic heterocycles. The summed E-state index contributed by atoms with van der Waals surface area (Å²) < 4.78 is 25.4. The van der Waals surface area contributed by atoms with Crippen molar-refractivity contribution < 1.29 is 18.8 Å². The van der Waals surface area contributed by atoms with E-state index in [2.05, 4.69) is 16.0 Å². The first-order valence-corrected chi connectivity index (χ1v) is 11.0. The van der Waals surface area contributed by atoms with Crippen molar-refractivity contribution in [2.45, 2.75) is 24.3 Å². The summed E-state index contributed by atoms with van der Waals surface area (Å²) in [5.74, 6) is 0.757. The molecule has 0 bridgehead atoms. The molecule has 3 rings (SSSR count). The number of para-hydroxylation sites is 2. The number of hydrogen-bond acceptors (Lipinski definition) is 6. The van der Waals surface area contributed by atoms with Crippen LogP contribution < -0.4 is 4.74 Å². The van der Waals surface area contributed by atoms with E-state index in [4.69, 9.17) is 15.9 Å². The van der Waals surface area contributed by atoms with Gasteiger partial charge in [-0.25, -0.2) is 9.36 Å². The molecular formula is C22H24N4O4S. The summed E-state index contributed by atoms with van der Waals surface area (Å²) in [4.78, 5) is 22.7. The van der Waals surface area contributed by atoms with Crippen molar-refractivity contribution in [3.63, 3.8) is 0 Å². The van der Waals surface area contributed by atoms with Crippen LogP contribution in [0.2, 0.25) is 0 Å². The molecule has 1 aromatic carbocycles. The van der Waals surface area contributed by atoms with Gasteiger partial charge in [0.1, 0.15) is 5.75 Å². The number of nitrogens with zero attached hydrogens (tertiary/aromatic N) is 4. The molecule has 0 fully saturated rings. The summed E-state index contributed by atoms with van der Waals surface area (Å²) in [6.45, 7) is 2.98. The standard InChI is InChI=1S/C22H24N4O4S/c1-5-25(3)22(27)26-19-10-7-6-9-17(19)24-21(26)31(28)15-18-16(2)20(11-12-23-18)30-14-8-13-29-4/h1,6-7,9-12H,8,13-15H2,2-4H3. The zero-order valence-electron chi connectivity index (χ0n) is 17.7. The van der Waals surface area contributed by atoms with Crippen LogP contribution in [0.5, 0.6) is 5.75 Å². The van der Waals surface area contributed by atoms with Crippen molar-refractivity contribution in [3.05, 3.63) is 47.8 Å². The third-order valence-electron chi connectivity index (χ3n) is 4.68. The minimum atomic E-state index is -1.65. The molecule has 0 saturated heterocycles. The molecule has 1 atom stereocenters. The number of ether oxygens (including phenoxy) is 2. The SMILES string of the molecule is C#CN(C)C(=O)n1c([S+]([O-])Cc2nccc(OCCCOC)c2C)nc2ccccc21. The number of fused-ring (bicyclic) bond motifs is 1. The van der Waals surface area contributed by atoms with E-state index in [1.54, 1.807) is 43.6 Å². The maximum absolute atomic E-state index is 13.3. The van der Waals surface area contributed by atoms with Gasteiger partial charge in [0.05, 0.1) is 23.3 Å². The van der Waals surface area contributed by atoms with E-state index in [-0.39, 0.29) is 10.9 Å². The second-order valence-corrected chi connectivity index (χ2v) is 8.10. The lowest BCUT2D eigenvalue weighted by Gasteiger charge is -2.15. The van der Waals surface area contributed by atoms with E-state index in [9.17, 15) is 9.35 Å². The number of benzene rings is 1. The van der Waals surface area contributed by atoms with Crippen LogP contribution in [0.3, 0.4) is 0 Å². The summed E-state index contributed by atoms with van der Waals surface area (Å²) in [5, 5.41) is 0.126. The topological polar surface area (TPSA) is 92.5 Å². The summed E-state index contributed by atoms with van der Waals surface area (Å²) in [6, 6.07) is 10.6. The number of amides is 1. The predicted octanol–water partition coefficient (Wildman–Crippen LogP) is 2.95. The largest absolute Gasteiger partial charge is 0.609 e. The Hall–Kier alpha value is -3.06. The van der Waals surface area contributed by atoms with Crippen LogP contribution >= 0.6 is 0 Å². The molecule has 0 spiro atoms. The number of terminal acetylenes is 1. The summed E-state index contributed by atoms with van der Waals surface area (Å²) in [5.41, 5.74) is 2.50. The zero-order valence-corrected chi connectivity index (χ0v) is 18.5. The van der Waals surface area contributed by atoms with E-state index in [0.29, 0.717) is 35.7 Å². The highest BCUT2D eigenvalue weighted by Crippen LogP contribution is 2.26. The van der Waals surface area contributed by atoms with Gasteiger partial charge in [-0.3, -0.25) is 9.88 Å². The van der Waals surface area contributed by atoms with Gasteiger partial charge in [0.15, 0.2) is 5.75 Å². The van der Waals surface area contributed by atoms with Gasteiger partial charge in [-0.05, 0) is 25.1 Å². The average molecular weight is 441 g/mol. The lowest BCUT2D eigenvalue weighted by molar-refractivity contribution is 0.172. The molecule has 0 aliphatic rings. The Morgan fingerprint density at radius 3 is 2.84 bits per heavy atom. The van der Waals surface area contributed by atoms with Gasteiger partial charge in [-0.2, -0.15) is 4.98 Å². The van der Waals surface area contributed by atoms with Crippen molar-refractivity contribution in [1.82, 2.24) is 19.4 Å². The lowest BCUT2D eigenvalue weighted by Crippen LogP contribution is -2.29. The van der Waals surface area contributed by atoms with Crippen LogP contribution in [0, 0.1) is 19.4 Å². The van der Waals surface area contributed by atoms with Gasteiger partial charge < -0.3 is 14.0 Å². The molecule has 1 unspecified atom stereocenters. The number of carbonyl (C=O) groups excluding carboxylic acids is 1. The Morgan fingerprint density at radius 2 is 2.10 bits per heavy atom. The molecular weight excluding hydrogens is 416 g/mol. The van der Waals surface area contributed by atoms with Crippen LogP contribution in [0.15, 0.2) is 41.7 Å². The quantitative estimate of drug-likeness (QED) is 0.231. The third kappa shape index (κ3) is 4.99. The van der Waals surface area contributed by atoms with E-state index >= 15 is 0 Å². The van der Waals surface area contributed by atoms with Crippen molar-refractivity contribution >= 4 is 28.2 Å². The van der Waals surface area contributed by atoms with Crippen LogP contribution in [0.25, 0.3) is 11.0 Å². The van der Waals surface area contributed by atoms with Gasteiger partial charge in [0.25, 0.3) is 0 Å². The number of rotatable bonds is 8. The molecule has 0 N–H and O–H groups in total. The lowest BCUT2D eigenvalue weighted by atomic mass is 10.2. The van der Waals surface area contributed by atoms with Gasteiger partial charge in [-0.1, -0.05) is 18.6 Å². The van der Waals surface area contributed by atoms with Crippen LogP contribution in [-0.4, -0.2) is 57.4 Å². The fourth-order valence-electron chi connectivity index (χ4n) is 2.98. The minimum absolute atomic E-state index is 0.0808. The number of aromatic nitrogens is 3. The van der Waals surface area contributed by atoms with Gasteiger partial charge in [0.2, 0.25) is 0 Å². The summed E-state index contributed by atoms with van der Waals surface area (Å²) in [6.07, 6.45) is 7.76. The van der Waals surface area contributed by atoms with Gasteiger partial charge in [-0.15, -0.1) is 0 Å². The molecule has 162 valence electrons. The third-order valence-corrected chi connectivity index (χ3v) is 5.90. The van der Waals surface area contributed by atoms with E-state index in [1.807, 2.05) is 6.92 Å². The first-order chi connectivity index (χ1) is 15.0. The van der Waals surface area contributed by atoms with Crippen molar-refractivity contribution in [2.24, 2.45) is 0 Å². The Balaban J connectivity index is 1.90. The Bertz CT molecular complexity index is 1110. The maximum Gasteiger partial charge on any atom is 0.345 e. The first kappa shape index (κ1) is 22.6. The first-order valence-electron chi connectivity index (χ1n) is 9.64. The number of methoxy groups -OCH3 is 1. The van der Waals surface area contributed by atoms with E-state index in [1.165, 1.54) is 11.6 Å². The molecule has 8 nitrogen and oxygen atoms in total. The van der Waals surface area contributed by atoms with Gasteiger partial charge >= 0.3 is 11.2 Å². The number of imidazole rings is 1. The van der Waals surface area contributed by atoms with E-state index < -0.39 is 17.2 Å². The second-order valence-electron chi connectivity index (χ2n) is 6.75. The zero-order chi connectivity index (χ0) is 22.4. The van der Waals surface area contributed by atoms with Crippen LogP contribution in [0.1, 0.15) is 17.7 Å². The minimum Gasteiger partial charge on any atom is -0.609 e. The smallest absolute Gasteiger partial charge is 0.345 e. The second kappa shape index (κ2) is 10.3. The normalized spacial score (nSPS) is 11.8. The van der Waals surface area contributed by atoms with Crippen molar-refractivity contribution in [3.8, 4) is 18.2 Å². The molecule has 0 saturated carbocycles. The van der Waals surface area contributed by atoms with Crippen LogP contribution in [0.4, 0.5) is 4.79 Å². The van der Waals surface area contributed by atoms with Crippen LogP contribution in [-0.2, 0) is 21.7 Å². The van der Waals surface area contributed by atoms with Crippen molar-refractivity contribution in [2.75, 3.05) is 27.4 Å². The Kier molecular flexibility index (Phi) is 7.52. The Labute approximate surface area is 184 Å². The molecule has 2 heterocycles. The molecule has 31 heavy (non-hydrogen) atoms. The highest BCUT2D eigenvalue weighted by molar-refractivity contribution is 7.90. The number of pyridine rings is 1. The number of carbonyl (C=O) groups is 1. The predicted molar refractivity (Wildman–Crippen MR) is 118 cm³/mol. The molecule has 0 aliphatic carbocycles. The van der Waals surface area contributed by atoms with E-state index in [0.717, 1.165) is 16.9 Å². The summed E-state index contributed by atoms with van der Waals surface area (Å²) >= 11 is -1.65. The van der Waals surface area contributed by atoms with Gasteiger partial charge in [0, 0.05) is 56.2 Å². The summed E-state index contributed by atoms with van der Waals surface area (Å²) in [7, 11) is 3.12. The molecule has 1 amide bonds. The van der Waals surface area contributed by atoms with Crippen molar-refractivity contribution in [1.29, 1.82) is 0 Å². The average Bonchev–Trinajstić information content (AvgIpc) is 3.17.